The largest absolute Gasteiger partial charge is 0.444 e. The first-order valence-electron chi connectivity index (χ1n) is 16.5. The van der Waals surface area contributed by atoms with E-state index in [0.717, 1.165) is 11.3 Å². The summed E-state index contributed by atoms with van der Waals surface area (Å²) in [5.41, 5.74) is -0.299. The Labute approximate surface area is 296 Å². The highest BCUT2D eigenvalue weighted by molar-refractivity contribution is 7.23. The molecule has 1 N–H and O–H groups in total. The Hall–Kier alpha value is -5.12. The fourth-order valence-electron chi connectivity index (χ4n) is 7.28. The molecule has 2 saturated heterocycles. The zero-order chi connectivity index (χ0) is 36.6. The van der Waals surface area contributed by atoms with E-state index in [1.807, 2.05) is 25.7 Å². The third kappa shape index (κ3) is 5.94. The zero-order valence-electron chi connectivity index (χ0n) is 28.9. The van der Waals surface area contributed by atoms with Crippen LogP contribution in [-0.4, -0.2) is 63.4 Å². The van der Waals surface area contributed by atoms with Gasteiger partial charge in [0.1, 0.15) is 45.8 Å². The van der Waals surface area contributed by atoms with Crippen LogP contribution in [0.2, 0.25) is 0 Å². The number of nitrogens with one attached hydrogen (secondary N) is 1. The molecule has 3 atom stereocenters. The van der Waals surface area contributed by atoms with Crippen molar-refractivity contribution >= 4 is 55.3 Å². The number of anilines is 2. The molecule has 0 spiro atoms. The van der Waals surface area contributed by atoms with Gasteiger partial charge in [0, 0.05) is 29.6 Å². The second kappa shape index (κ2) is 12.3. The van der Waals surface area contributed by atoms with E-state index in [2.05, 4.69) is 27.4 Å². The molecule has 0 saturated carbocycles. The van der Waals surface area contributed by atoms with Gasteiger partial charge in [0.25, 0.3) is 0 Å². The third-order valence-corrected chi connectivity index (χ3v) is 10.2. The number of likely N-dealkylation sites (tertiary alicyclic amines) is 1. The summed E-state index contributed by atoms with van der Waals surface area (Å²) in [5, 5.41) is 23.2. The Morgan fingerprint density at radius 3 is 2.45 bits per heavy atom. The van der Waals surface area contributed by atoms with Crippen LogP contribution in [0.1, 0.15) is 77.2 Å². The molecule has 2 bridgehead atoms. The summed E-state index contributed by atoms with van der Waals surface area (Å²) >= 11 is 0.845. The normalized spacial score (nSPS) is 19.7. The Morgan fingerprint density at radius 2 is 1.80 bits per heavy atom. The SMILES string of the molecule is CC(C)(C)OC(=O)Nc1sc2c(F)ccc(-c3c4c(c5c(N6C[C@H]7C[C@@H]6CN7C(=O)OC(C)(C)C)ncnc5c3F)C(CC#N)OC4)c2c1C#N. The van der Waals surface area contributed by atoms with Crippen LogP contribution in [0.5, 0.6) is 0 Å². The van der Waals surface area contributed by atoms with Crippen LogP contribution >= 0.6 is 11.3 Å². The number of rotatable bonds is 4. The molecule has 0 radical (unpaired) electrons. The fraction of sp³-hybridized carbons (Fsp3) is 0.444. The van der Waals surface area contributed by atoms with Crippen LogP contribution in [0.25, 0.3) is 32.1 Å². The molecule has 12 nitrogen and oxygen atoms in total. The van der Waals surface area contributed by atoms with Crippen molar-refractivity contribution < 1.29 is 32.6 Å². The fourth-order valence-corrected chi connectivity index (χ4v) is 8.35. The standard InChI is InChI=1S/C36H35F2N7O5S/c1-35(2,3)49-33(46)43-32-20(12-40)25-19(7-8-22(37)30(25)51-32)24-21-15-48-23(9-10-39)26(21)27-29(28(24)38)41-16-42-31(27)44-13-18-11-17(44)14-45(18)34(47)50-36(4,5)6/h7-8,16-18,23H,9,11,13-15H2,1-6H3,(H,43,46)/t17-,18-,23?/m1/s1. The zero-order valence-corrected chi connectivity index (χ0v) is 29.7. The number of fused-ring (bicyclic) bond motifs is 6. The number of aromatic nitrogens is 2. The van der Waals surface area contributed by atoms with Crippen molar-refractivity contribution in [3.8, 4) is 23.3 Å². The van der Waals surface area contributed by atoms with E-state index in [4.69, 9.17) is 14.2 Å². The first kappa shape index (κ1) is 34.3. The van der Waals surface area contributed by atoms with Crippen molar-refractivity contribution in [3.63, 3.8) is 0 Å². The van der Waals surface area contributed by atoms with Gasteiger partial charge in [-0.2, -0.15) is 10.5 Å². The number of piperazine rings is 1. The molecule has 2 amide bonds. The Morgan fingerprint density at radius 1 is 1.06 bits per heavy atom. The van der Waals surface area contributed by atoms with Gasteiger partial charge in [0.2, 0.25) is 0 Å². The molecule has 2 aromatic carbocycles. The van der Waals surface area contributed by atoms with Crippen LogP contribution in [0, 0.1) is 34.3 Å². The summed E-state index contributed by atoms with van der Waals surface area (Å²) in [7, 11) is 0. The first-order chi connectivity index (χ1) is 24.1. The Bertz CT molecular complexity index is 2210. The average Bonchev–Trinajstić information content (AvgIpc) is 3.83. The van der Waals surface area contributed by atoms with Gasteiger partial charge in [-0.05, 0) is 65.2 Å². The molecule has 1 unspecified atom stereocenters. The van der Waals surface area contributed by atoms with E-state index in [-0.39, 0.29) is 68.5 Å². The second-order valence-electron chi connectivity index (χ2n) is 14.8. The predicted molar refractivity (Wildman–Crippen MR) is 185 cm³/mol. The molecule has 2 aromatic heterocycles. The average molecular weight is 716 g/mol. The van der Waals surface area contributed by atoms with Gasteiger partial charge >= 0.3 is 12.2 Å². The van der Waals surface area contributed by atoms with Crippen molar-refractivity contribution in [2.75, 3.05) is 23.3 Å². The number of thiophene rings is 1. The minimum absolute atomic E-state index is 0.0210. The number of hydrogen-bond donors (Lipinski definition) is 1. The lowest BCUT2D eigenvalue weighted by Crippen LogP contribution is -2.50. The molecule has 7 rings (SSSR count). The third-order valence-electron chi connectivity index (χ3n) is 9.11. The number of benzene rings is 2. The number of hydrogen-bond acceptors (Lipinski definition) is 11. The van der Waals surface area contributed by atoms with E-state index in [1.165, 1.54) is 18.5 Å². The monoisotopic (exact) mass is 715 g/mol. The number of nitrogens with zero attached hydrogens (tertiary/aromatic N) is 6. The first-order valence-corrected chi connectivity index (χ1v) is 17.3. The number of carbonyl (C=O) groups is 2. The lowest BCUT2D eigenvalue weighted by atomic mass is 9.88. The maximum atomic E-state index is 17.2. The van der Waals surface area contributed by atoms with E-state index >= 15 is 8.78 Å². The molecular weight excluding hydrogens is 681 g/mol. The summed E-state index contributed by atoms with van der Waals surface area (Å²) in [6, 6.07) is 6.56. The highest BCUT2D eigenvalue weighted by Gasteiger charge is 2.48. The number of halogens is 2. The molecule has 0 aliphatic carbocycles. The van der Waals surface area contributed by atoms with Crippen molar-refractivity contribution in [3.05, 3.63) is 46.8 Å². The molecule has 3 aliphatic rings. The predicted octanol–water partition coefficient (Wildman–Crippen LogP) is 7.69. The molecule has 51 heavy (non-hydrogen) atoms. The van der Waals surface area contributed by atoms with E-state index < -0.39 is 35.0 Å². The van der Waals surface area contributed by atoms with Crippen molar-refractivity contribution in [2.45, 2.75) is 90.4 Å². The van der Waals surface area contributed by atoms with Crippen LogP contribution in [0.15, 0.2) is 18.5 Å². The quantitative estimate of drug-likeness (QED) is 0.222. The van der Waals surface area contributed by atoms with Crippen LogP contribution in [0.4, 0.5) is 29.2 Å². The number of ether oxygens (including phenoxy) is 3. The second-order valence-corrected chi connectivity index (χ2v) is 15.9. The van der Waals surface area contributed by atoms with Crippen molar-refractivity contribution in [1.82, 2.24) is 14.9 Å². The van der Waals surface area contributed by atoms with E-state index in [0.29, 0.717) is 41.8 Å². The van der Waals surface area contributed by atoms with E-state index in [1.54, 1.807) is 25.7 Å². The molecular formula is C36H35F2N7O5S. The van der Waals surface area contributed by atoms with Gasteiger partial charge in [-0.15, -0.1) is 11.3 Å². The number of nitriles is 2. The Kier molecular flexibility index (Phi) is 8.27. The van der Waals surface area contributed by atoms with E-state index in [9.17, 15) is 20.1 Å². The summed E-state index contributed by atoms with van der Waals surface area (Å²) in [5.74, 6) is -0.913. The van der Waals surface area contributed by atoms with Gasteiger partial charge in [-0.25, -0.2) is 28.3 Å². The molecule has 2 fully saturated rings. The topological polar surface area (TPSA) is 154 Å². The summed E-state index contributed by atoms with van der Waals surface area (Å²) in [4.78, 5) is 38.4. The van der Waals surface area contributed by atoms with Crippen molar-refractivity contribution in [1.29, 1.82) is 10.5 Å². The number of amides is 2. The molecule has 15 heteroatoms. The maximum absolute atomic E-state index is 17.2. The van der Waals surface area contributed by atoms with Gasteiger partial charge in [0.05, 0.1) is 52.9 Å². The number of carbonyl (C=O) groups excluding carboxylic acids is 2. The minimum atomic E-state index is -0.828. The minimum Gasteiger partial charge on any atom is -0.444 e. The van der Waals surface area contributed by atoms with Gasteiger partial charge in [0.15, 0.2) is 5.82 Å². The van der Waals surface area contributed by atoms with Crippen LogP contribution in [0.3, 0.4) is 0 Å². The lowest BCUT2D eigenvalue weighted by molar-refractivity contribution is 0.0214. The van der Waals surface area contributed by atoms with Gasteiger partial charge < -0.3 is 24.0 Å². The van der Waals surface area contributed by atoms with Gasteiger partial charge in [-0.3, -0.25) is 5.32 Å². The molecule has 4 aromatic rings. The summed E-state index contributed by atoms with van der Waals surface area (Å²) in [6.45, 7) is 11.3. The smallest absolute Gasteiger partial charge is 0.412 e. The van der Waals surface area contributed by atoms with Crippen LogP contribution in [-0.2, 0) is 20.8 Å². The lowest BCUT2D eigenvalue weighted by Gasteiger charge is -2.36. The van der Waals surface area contributed by atoms with Gasteiger partial charge in [-0.1, -0.05) is 6.07 Å². The molecule has 264 valence electrons. The summed E-state index contributed by atoms with van der Waals surface area (Å²) < 4.78 is 49.8. The van der Waals surface area contributed by atoms with Crippen LogP contribution < -0.4 is 10.2 Å². The highest BCUT2D eigenvalue weighted by atomic mass is 32.1. The van der Waals surface area contributed by atoms with Crippen molar-refractivity contribution in [2.24, 2.45) is 0 Å². The summed E-state index contributed by atoms with van der Waals surface area (Å²) in [6.07, 6.45) is -0.0436. The Balaban J connectivity index is 1.38. The maximum Gasteiger partial charge on any atom is 0.412 e. The highest BCUT2D eigenvalue weighted by Crippen LogP contribution is 2.51. The molecule has 3 aliphatic heterocycles. The molecule has 5 heterocycles.